The number of hydrogen-bond acceptors (Lipinski definition) is 2. The van der Waals surface area contributed by atoms with Crippen LogP contribution in [0.2, 0.25) is 0 Å². The standard InChI is InChI=1S/C16H28O2Si/c1-5-13-7-9-15(11-13)19(17-3,18-4)16-10-8-14(6-2)12-16/h11-14H,5-10H2,1-4H3. The Morgan fingerprint density at radius 2 is 1.37 bits per heavy atom. The molecule has 2 rings (SSSR count). The van der Waals surface area contributed by atoms with E-state index in [1.54, 1.807) is 0 Å². The van der Waals surface area contributed by atoms with E-state index in [1.807, 2.05) is 14.2 Å². The zero-order valence-corrected chi connectivity index (χ0v) is 13.9. The summed E-state index contributed by atoms with van der Waals surface area (Å²) in [6.45, 7) is 4.55. The third kappa shape index (κ3) is 2.74. The third-order valence-electron chi connectivity index (χ3n) is 4.91. The second-order valence-electron chi connectivity index (χ2n) is 5.82. The van der Waals surface area contributed by atoms with Gasteiger partial charge in [0.05, 0.1) is 0 Å². The quantitative estimate of drug-likeness (QED) is 0.676. The minimum absolute atomic E-state index is 0.733. The maximum Gasteiger partial charge on any atom is 0.397 e. The highest BCUT2D eigenvalue weighted by atomic mass is 28.4. The summed E-state index contributed by atoms with van der Waals surface area (Å²) < 4.78 is 12.0. The van der Waals surface area contributed by atoms with Crippen LogP contribution in [0, 0.1) is 11.8 Å². The van der Waals surface area contributed by atoms with Crippen molar-refractivity contribution in [3.8, 4) is 0 Å². The molecule has 0 spiro atoms. The molecular weight excluding hydrogens is 252 g/mol. The SMILES string of the molecule is CCC1C=C([Si](OC)(OC)C2=CC(CC)CC2)CC1. The molecule has 2 atom stereocenters. The fraction of sp³-hybridized carbons (Fsp3) is 0.750. The molecule has 3 heteroatoms. The van der Waals surface area contributed by atoms with E-state index in [1.165, 1.54) is 48.9 Å². The van der Waals surface area contributed by atoms with Crippen LogP contribution in [0.4, 0.5) is 0 Å². The Morgan fingerprint density at radius 3 is 1.63 bits per heavy atom. The Bertz CT molecular complexity index is 337. The van der Waals surface area contributed by atoms with Gasteiger partial charge in [-0.3, -0.25) is 0 Å². The van der Waals surface area contributed by atoms with Crippen molar-refractivity contribution in [1.82, 2.24) is 0 Å². The maximum atomic E-state index is 6.02. The largest absolute Gasteiger partial charge is 0.397 e. The van der Waals surface area contributed by atoms with Crippen molar-refractivity contribution in [2.45, 2.75) is 52.4 Å². The average molecular weight is 280 g/mol. The molecule has 2 unspecified atom stereocenters. The Labute approximate surface area is 119 Å². The van der Waals surface area contributed by atoms with E-state index >= 15 is 0 Å². The summed E-state index contributed by atoms with van der Waals surface area (Å²) in [7, 11) is 1.42. The van der Waals surface area contributed by atoms with Gasteiger partial charge in [-0.05, 0) is 60.8 Å². The van der Waals surface area contributed by atoms with Crippen molar-refractivity contribution < 1.29 is 8.85 Å². The summed E-state index contributed by atoms with van der Waals surface area (Å²) in [5.74, 6) is 1.47. The normalized spacial score (nSPS) is 27.6. The van der Waals surface area contributed by atoms with E-state index in [2.05, 4.69) is 26.0 Å². The summed E-state index contributed by atoms with van der Waals surface area (Å²) >= 11 is 0. The first kappa shape index (κ1) is 15.0. The molecule has 0 aromatic heterocycles. The Balaban J connectivity index is 2.28. The van der Waals surface area contributed by atoms with Crippen LogP contribution in [-0.4, -0.2) is 22.8 Å². The minimum Gasteiger partial charge on any atom is -0.391 e. The molecule has 2 aliphatic rings. The third-order valence-corrected chi connectivity index (χ3v) is 8.59. The number of hydrogen-bond donors (Lipinski definition) is 0. The molecule has 2 aliphatic carbocycles. The van der Waals surface area contributed by atoms with Crippen molar-refractivity contribution in [1.29, 1.82) is 0 Å². The molecule has 0 bridgehead atoms. The van der Waals surface area contributed by atoms with Crippen LogP contribution in [0.1, 0.15) is 52.4 Å². The zero-order chi connectivity index (χ0) is 13.9. The van der Waals surface area contributed by atoms with Gasteiger partial charge in [-0.1, -0.05) is 26.0 Å². The topological polar surface area (TPSA) is 18.5 Å². The first-order valence-corrected chi connectivity index (χ1v) is 9.54. The highest BCUT2D eigenvalue weighted by molar-refractivity contribution is 6.82. The van der Waals surface area contributed by atoms with Gasteiger partial charge in [-0.15, -0.1) is 0 Å². The number of rotatable bonds is 6. The van der Waals surface area contributed by atoms with Gasteiger partial charge in [-0.2, -0.15) is 0 Å². The molecule has 0 heterocycles. The summed E-state index contributed by atoms with van der Waals surface area (Å²) in [6.07, 6.45) is 12.3. The molecule has 0 aromatic carbocycles. The second kappa shape index (κ2) is 6.38. The van der Waals surface area contributed by atoms with Gasteiger partial charge < -0.3 is 8.85 Å². The molecule has 0 saturated heterocycles. The van der Waals surface area contributed by atoms with Crippen LogP contribution in [-0.2, 0) is 8.85 Å². The van der Waals surface area contributed by atoms with Crippen LogP contribution in [0.25, 0.3) is 0 Å². The van der Waals surface area contributed by atoms with Gasteiger partial charge in [0.25, 0.3) is 0 Å². The Morgan fingerprint density at radius 1 is 0.947 bits per heavy atom. The first-order valence-electron chi connectivity index (χ1n) is 7.72. The molecule has 0 amide bonds. The van der Waals surface area contributed by atoms with E-state index in [0.717, 1.165) is 11.8 Å². The fourth-order valence-electron chi connectivity index (χ4n) is 3.59. The summed E-state index contributed by atoms with van der Waals surface area (Å²) in [6, 6.07) is 0. The van der Waals surface area contributed by atoms with E-state index < -0.39 is 8.56 Å². The van der Waals surface area contributed by atoms with Gasteiger partial charge in [0.15, 0.2) is 0 Å². The fourth-order valence-corrected chi connectivity index (χ4v) is 7.08. The van der Waals surface area contributed by atoms with Crippen molar-refractivity contribution in [3.05, 3.63) is 22.5 Å². The van der Waals surface area contributed by atoms with Crippen LogP contribution in [0.3, 0.4) is 0 Å². The molecule has 0 aromatic rings. The van der Waals surface area contributed by atoms with E-state index in [4.69, 9.17) is 8.85 Å². The summed E-state index contributed by atoms with van der Waals surface area (Å²) in [5.41, 5.74) is 0. The van der Waals surface area contributed by atoms with Crippen molar-refractivity contribution in [2.24, 2.45) is 11.8 Å². The number of allylic oxidation sites excluding steroid dienone is 4. The van der Waals surface area contributed by atoms with Gasteiger partial charge in [0.2, 0.25) is 0 Å². The summed E-state index contributed by atoms with van der Waals surface area (Å²) in [4.78, 5) is 0. The van der Waals surface area contributed by atoms with Crippen LogP contribution < -0.4 is 0 Å². The van der Waals surface area contributed by atoms with E-state index in [9.17, 15) is 0 Å². The van der Waals surface area contributed by atoms with Gasteiger partial charge in [-0.25, -0.2) is 0 Å². The lowest BCUT2D eigenvalue weighted by atomic mass is 10.1. The highest BCUT2D eigenvalue weighted by Crippen LogP contribution is 2.41. The molecule has 0 saturated carbocycles. The van der Waals surface area contributed by atoms with Crippen molar-refractivity contribution in [2.75, 3.05) is 14.2 Å². The smallest absolute Gasteiger partial charge is 0.391 e. The lowest BCUT2D eigenvalue weighted by Crippen LogP contribution is -2.44. The van der Waals surface area contributed by atoms with Crippen LogP contribution in [0.5, 0.6) is 0 Å². The van der Waals surface area contributed by atoms with Gasteiger partial charge in [0, 0.05) is 14.2 Å². The molecule has 0 radical (unpaired) electrons. The first-order chi connectivity index (χ1) is 9.20. The lowest BCUT2D eigenvalue weighted by molar-refractivity contribution is 0.260. The Kier molecular flexibility index (Phi) is 5.04. The lowest BCUT2D eigenvalue weighted by Gasteiger charge is -2.30. The molecule has 19 heavy (non-hydrogen) atoms. The second-order valence-corrected chi connectivity index (χ2v) is 9.16. The Hall–Kier alpha value is -0.383. The van der Waals surface area contributed by atoms with Crippen molar-refractivity contribution in [3.63, 3.8) is 0 Å². The minimum atomic E-state index is -2.27. The van der Waals surface area contributed by atoms with Gasteiger partial charge >= 0.3 is 8.56 Å². The highest BCUT2D eigenvalue weighted by Gasteiger charge is 2.47. The van der Waals surface area contributed by atoms with Crippen LogP contribution >= 0.6 is 0 Å². The molecule has 0 fully saturated rings. The van der Waals surface area contributed by atoms with Crippen molar-refractivity contribution >= 4 is 8.56 Å². The molecular formula is C16H28O2Si. The maximum absolute atomic E-state index is 6.02. The monoisotopic (exact) mass is 280 g/mol. The summed E-state index contributed by atoms with van der Waals surface area (Å²) in [5, 5.41) is 2.96. The molecule has 108 valence electrons. The zero-order valence-electron chi connectivity index (χ0n) is 12.9. The average Bonchev–Trinajstić information content (AvgIpc) is 3.10. The van der Waals surface area contributed by atoms with Gasteiger partial charge in [0.1, 0.15) is 0 Å². The predicted molar refractivity (Wildman–Crippen MR) is 82.0 cm³/mol. The van der Waals surface area contributed by atoms with E-state index in [0.29, 0.717) is 0 Å². The van der Waals surface area contributed by atoms with E-state index in [-0.39, 0.29) is 0 Å². The predicted octanol–water partition coefficient (Wildman–Crippen LogP) is 4.29. The molecule has 2 nitrogen and oxygen atoms in total. The molecule has 0 N–H and O–H groups in total. The van der Waals surface area contributed by atoms with Crippen LogP contribution in [0.15, 0.2) is 22.5 Å². The molecule has 0 aliphatic heterocycles.